The Morgan fingerprint density at radius 3 is 2.37 bits per heavy atom. The van der Waals surface area contributed by atoms with Gasteiger partial charge in [-0.15, -0.1) is 0 Å². The molecule has 0 aliphatic heterocycles. The van der Waals surface area contributed by atoms with Gasteiger partial charge in [-0.25, -0.2) is 9.59 Å². The largest absolute Gasteiger partial charge is 0.480 e. The van der Waals surface area contributed by atoms with Crippen molar-refractivity contribution in [3.05, 3.63) is 0 Å². The molecule has 0 saturated heterocycles. The highest BCUT2D eigenvalue weighted by Gasteiger charge is 2.25. The average Bonchev–Trinajstić information content (AvgIpc) is 2.29. The summed E-state index contributed by atoms with van der Waals surface area (Å²) in [7, 11) is 1.47. The van der Waals surface area contributed by atoms with Gasteiger partial charge in [0.25, 0.3) is 0 Å². The van der Waals surface area contributed by atoms with Crippen LogP contribution in [-0.2, 0) is 9.53 Å². The number of rotatable bonds is 8. The maximum absolute atomic E-state index is 11.9. The Labute approximate surface area is 113 Å². The molecule has 0 fully saturated rings. The fourth-order valence-electron chi connectivity index (χ4n) is 1.53. The van der Waals surface area contributed by atoms with Crippen LogP contribution in [0.1, 0.15) is 27.2 Å². The van der Waals surface area contributed by atoms with Gasteiger partial charge in [0.2, 0.25) is 0 Å². The lowest BCUT2D eigenvalue weighted by molar-refractivity contribution is -0.139. The lowest BCUT2D eigenvalue weighted by atomic mass is 10.1. The second-order valence-corrected chi connectivity index (χ2v) is 4.95. The van der Waals surface area contributed by atoms with Crippen LogP contribution in [0, 0.1) is 0 Å². The molecule has 7 heteroatoms. The van der Waals surface area contributed by atoms with Crippen molar-refractivity contribution in [2.24, 2.45) is 0 Å². The highest BCUT2D eigenvalue weighted by molar-refractivity contribution is 5.82. The third-order valence-corrected chi connectivity index (χ3v) is 2.45. The van der Waals surface area contributed by atoms with Crippen molar-refractivity contribution >= 4 is 12.0 Å². The Kier molecular flexibility index (Phi) is 7.40. The van der Waals surface area contributed by atoms with Gasteiger partial charge in [-0.2, -0.15) is 0 Å². The molecule has 0 aromatic carbocycles. The molecule has 0 heterocycles. The van der Waals surface area contributed by atoms with Gasteiger partial charge in [-0.3, -0.25) is 0 Å². The number of aliphatic hydroxyl groups is 1. The van der Waals surface area contributed by atoms with Crippen LogP contribution in [0.25, 0.3) is 0 Å². The monoisotopic (exact) mass is 276 g/mol. The van der Waals surface area contributed by atoms with E-state index in [1.165, 1.54) is 12.0 Å². The molecule has 1 atom stereocenters. The first-order valence-corrected chi connectivity index (χ1v) is 6.20. The first-order valence-electron chi connectivity index (χ1n) is 6.20. The molecule has 2 amide bonds. The lowest BCUT2D eigenvalue weighted by Crippen LogP contribution is -2.51. The number of hydrogen-bond acceptors (Lipinski definition) is 4. The third-order valence-electron chi connectivity index (χ3n) is 2.45. The summed E-state index contributed by atoms with van der Waals surface area (Å²) in [6, 6.07) is -1.50. The molecular formula is C12H24N2O5. The Morgan fingerprint density at radius 1 is 1.42 bits per heavy atom. The smallest absolute Gasteiger partial charge is 0.326 e. The van der Waals surface area contributed by atoms with Gasteiger partial charge in [-0.1, -0.05) is 0 Å². The highest BCUT2D eigenvalue weighted by atomic mass is 16.5. The predicted octanol–water partition coefficient (Wildman–Crippen LogP) is 0.279. The molecule has 0 radical (unpaired) electrons. The van der Waals surface area contributed by atoms with Crippen LogP contribution in [0.4, 0.5) is 4.79 Å². The van der Waals surface area contributed by atoms with Crippen molar-refractivity contribution < 1.29 is 24.5 Å². The van der Waals surface area contributed by atoms with Crippen molar-refractivity contribution in [1.82, 2.24) is 10.2 Å². The molecule has 0 aliphatic carbocycles. The quantitative estimate of drug-likeness (QED) is 0.591. The molecule has 1 unspecified atom stereocenters. The number of nitrogens with one attached hydrogen (secondary N) is 1. The Bertz CT molecular complexity index is 301. The number of aliphatic carboxylic acids is 1. The SMILES string of the molecule is CCN(CC(C)(C)O)C(=O)NC(CCOC)C(=O)O. The number of methoxy groups -OCH3 is 1. The fourth-order valence-corrected chi connectivity index (χ4v) is 1.53. The predicted molar refractivity (Wildman–Crippen MR) is 70.0 cm³/mol. The topological polar surface area (TPSA) is 99.1 Å². The lowest BCUT2D eigenvalue weighted by Gasteiger charge is -2.29. The van der Waals surface area contributed by atoms with Crippen molar-refractivity contribution in [3.63, 3.8) is 0 Å². The van der Waals surface area contributed by atoms with E-state index in [-0.39, 0.29) is 19.6 Å². The van der Waals surface area contributed by atoms with E-state index >= 15 is 0 Å². The zero-order valence-corrected chi connectivity index (χ0v) is 12.0. The zero-order valence-electron chi connectivity index (χ0n) is 12.0. The van der Waals surface area contributed by atoms with Gasteiger partial charge in [-0.05, 0) is 20.8 Å². The van der Waals surface area contributed by atoms with Crippen LogP contribution >= 0.6 is 0 Å². The van der Waals surface area contributed by atoms with Gasteiger partial charge in [0, 0.05) is 26.7 Å². The molecule has 3 N–H and O–H groups in total. The fraction of sp³-hybridized carbons (Fsp3) is 0.833. The number of likely N-dealkylation sites (N-methyl/N-ethyl adjacent to an activating group) is 1. The van der Waals surface area contributed by atoms with Crippen LogP contribution in [-0.4, -0.2) is 65.6 Å². The summed E-state index contributed by atoms with van der Waals surface area (Å²) < 4.78 is 4.80. The molecule has 0 spiro atoms. The van der Waals surface area contributed by atoms with Crippen molar-refractivity contribution in [2.75, 3.05) is 26.8 Å². The summed E-state index contributed by atoms with van der Waals surface area (Å²) in [5.41, 5.74) is -1.03. The van der Waals surface area contributed by atoms with E-state index in [1.807, 2.05) is 0 Å². The summed E-state index contributed by atoms with van der Waals surface area (Å²) in [5, 5.41) is 21.1. The van der Waals surface area contributed by atoms with Crippen LogP contribution in [0.15, 0.2) is 0 Å². The molecule has 0 aromatic rings. The summed E-state index contributed by atoms with van der Waals surface area (Å²) in [5.74, 6) is -1.11. The standard InChI is InChI=1S/C12H24N2O5/c1-5-14(8-12(2,3)18)11(17)13-9(10(15)16)6-7-19-4/h9,18H,5-8H2,1-4H3,(H,13,17)(H,15,16). The van der Waals surface area contributed by atoms with Gasteiger partial charge in [0.15, 0.2) is 0 Å². The molecular weight excluding hydrogens is 252 g/mol. The van der Waals surface area contributed by atoms with E-state index < -0.39 is 23.6 Å². The first-order chi connectivity index (χ1) is 8.71. The number of hydrogen-bond donors (Lipinski definition) is 3. The normalized spacial score (nSPS) is 12.9. The van der Waals surface area contributed by atoms with Crippen LogP contribution < -0.4 is 5.32 Å². The average molecular weight is 276 g/mol. The number of urea groups is 1. The van der Waals surface area contributed by atoms with E-state index in [0.29, 0.717) is 6.54 Å². The van der Waals surface area contributed by atoms with Crippen LogP contribution in [0.2, 0.25) is 0 Å². The Morgan fingerprint density at radius 2 is 2.00 bits per heavy atom. The molecule has 19 heavy (non-hydrogen) atoms. The number of ether oxygens (including phenoxy) is 1. The van der Waals surface area contributed by atoms with Crippen molar-refractivity contribution in [2.45, 2.75) is 38.8 Å². The Hall–Kier alpha value is -1.34. The van der Waals surface area contributed by atoms with E-state index in [2.05, 4.69) is 5.32 Å². The Balaban J connectivity index is 4.55. The van der Waals surface area contributed by atoms with E-state index in [9.17, 15) is 14.7 Å². The number of carbonyl (C=O) groups is 2. The number of carboxylic acids is 1. The second-order valence-electron chi connectivity index (χ2n) is 4.95. The van der Waals surface area contributed by atoms with Gasteiger partial charge < -0.3 is 25.2 Å². The maximum Gasteiger partial charge on any atom is 0.326 e. The zero-order chi connectivity index (χ0) is 15.1. The van der Waals surface area contributed by atoms with Crippen molar-refractivity contribution in [3.8, 4) is 0 Å². The highest BCUT2D eigenvalue weighted by Crippen LogP contribution is 2.05. The third kappa shape index (κ3) is 7.63. The number of amides is 2. The first kappa shape index (κ1) is 17.7. The molecule has 0 aliphatic rings. The van der Waals surface area contributed by atoms with E-state index in [4.69, 9.17) is 9.84 Å². The van der Waals surface area contributed by atoms with Crippen LogP contribution in [0.5, 0.6) is 0 Å². The van der Waals surface area contributed by atoms with Crippen molar-refractivity contribution in [1.29, 1.82) is 0 Å². The van der Waals surface area contributed by atoms with E-state index in [0.717, 1.165) is 0 Å². The molecule has 7 nitrogen and oxygen atoms in total. The summed E-state index contributed by atoms with van der Waals surface area (Å²) in [6.07, 6.45) is 0.192. The summed E-state index contributed by atoms with van der Waals surface area (Å²) in [6.45, 7) is 5.69. The number of carbonyl (C=O) groups excluding carboxylic acids is 1. The molecule has 0 bridgehead atoms. The second kappa shape index (κ2) is 7.96. The molecule has 112 valence electrons. The number of nitrogens with zero attached hydrogens (tertiary/aromatic N) is 1. The minimum absolute atomic E-state index is 0.131. The van der Waals surface area contributed by atoms with Gasteiger partial charge >= 0.3 is 12.0 Å². The summed E-state index contributed by atoms with van der Waals surface area (Å²) in [4.78, 5) is 24.3. The van der Waals surface area contributed by atoms with Gasteiger partial charge in [0.05, 0.1) is 12.1 Å². The maximum atomic E-state index is 11.9. The minimum Gasteiger partial charge on any atom is -0.480 e. The van der Waals surface area contributed by atoms with Crippen LogP contribution in [0.3, 0.4) is 0 Å². The molecule has 0 saturated carbocycles. The van der Waals surface area contributed by atoms with Gasteiger partial charge in [0.1, 0.15) is 6.04 Å². The minimum atomic E-state index is -1.11. The van der Waals surface area contributed by atoms with E-state index in [1.54, 1.807) is 20.8 Å². The summed E-state index contributed by atoms with van der Waals surface area (Å²) >= 11 is 0. The molecule has 0 rings (SSSR count). The molecule has 0 aromatic heterocycles. The number of carboxylic acid groups (broad SMARTS) is 1.